The summed E-state index contributed by atoms with van der Waals surface area (Å²) in [5.41, 5.74) is 2.73. The third kappa shape index (κ3) is 3.98. The molecule has 1 saturated heterocycles. The monoisotopic (exact) mass is 382 g/mol. The van der Waals surface area contributed by atoms with Crippen LogP contribution in [0.25, 0.3) is 0 Å². The summed E-state index contributed by atoms with van der Waals surface area (Å²) >= 11 is 5.26. The summed E-state index contributed by atoms with van der Waals surface area (Å²) in [5.74, 6) is 3.15. The number of nitrogens with one attached hydrogen (secondary N) is 2. The van der Waals surface area contributed by atoms with Gasteiger partial charge in [0, 0.05) is 39.3 Å². The van der Waals surface area contributed by atoms with Crippen molar-refractivity contribution in [3.8, 4) is 0 Å². The molecule has 2 aliphatic rings. The third-order valence-electron chi connectivity index (χ3n) is 5.30. The Morgan fingerprint density at radius 3 is 2.41 bits per heavy atom. The molecule has 0 aliphatic carbocycles. The molecule has 6 nitrogen and oxygen atoms in total. The molecule has 2 aliphatic heterocycles. The average Bonchev–Trinajstić information content (AvgIpc) is 3.12. The van der Waals surface area contributed by atoms with E-state index < -0.39 is 0 Å². The molecule has 0 radical (unpaired) electrons. The second-order valence-electron chi connectivity index (χ2n) is 7.43. The Morgan fingerprint density at radius 2 is 1.78 bits per heavy atom. The number of nitrogens with zero attached hydrogens (tertiary/aromatic N) is 4. The molecule has 1 atom stereocenters. The van der Waals surface area contributed by atoms with Crippen molar-refractivity contribution in [2.45, 2.75) is 32.9 Å². The van der Waals surface area contributed by atoms with E-state index in [0.29, 0.717) is 17.0 Å². The van der Waals surface area contributed by atoms with Crippen LogP contribution < -0.4 is 20.4 Å². The van der Waals surface area contributed by atoms with Crippen molar-refractivity contribution in [2.24, 2.45) is 5.92 Å². The molecule has 0 saturated carbocycles. The van der Waals surface area contributed by atoms with Crippen LogP contribution in [0.2, 0.25) is 0 Å². The minimum Gasteiger partial charge on any atom is -0.365 e. The molecule has 2 aromatic rings. The summed E-state index contributed by atoms with van der Waals surface area (Å²) in [7, 11) is 1.80. The summed E-state index contributed by atoms with van der Waals surface area (Å²) < 4.78 is 0. The van der Waals surface area contributed by atoms with Crippen molar-refractivity contribution in [3.63, 3.8) is 0 Å². The largest absolute Gasteiger partial charge is 0.365 e. The van der Waals surface area contributed by atoms with Crippen LogP contribution >= 0.6 is 12.2 Å². The molecule has 27 heavy (non-hydrogen) atoms. The van der Waals surface area contributed by atoms with Crippen molar-refractivity contribution in [3.05, 3.63) is 41.5 Å². The number of fused-ring (bicyclic) bond motifs is 1. The number of hydrogen-bond donors (Lipinski definition) is 2. The van der Waals surface area contributed by atoms with Crippen molar-refractivity contribution >= 4 is 34.9 Å². The van der Waals surface area contributed by atoms with Gasteiger partial charge in [0.25, 0.3) is 0 Å². The summed E-state index contributed by atoms with van der Waals surface area (Å²) in [6.07, 6.45) is 2.48. The van der Waals surface area contributed by atoms with Gasteiger partial charge in [0.05, 0.1) is 0 Å². The van der Waals surface area contributed by atoms with E-state index in [1.54, 1.807) is 7.05 Å². The fourth-order valence-corrected chi connectivity index (χ4v) is 3.95. The summed E-state index contributed by atoms with van der Waals surface area (Å²) in [6.45, 7) is 6.13. The van der Waals surface area contributed by atoms with Crippen molar-refractivity contribution in [2.75, 3.05) is 35.3 Å². The lowest BCUT2D eigenvalue weighted by atomic mass is 10.0. The molecule has 1 aromatic heterocycles. The minimum absolute atomic E-state index is 0.523. The molecule has 0 bridgehead atoms. The van der Waals surface area contributed by atoms with Gasteiger partial charge in [0.2, 0.25) is 5.95 Å². The first kappa shape index (κ1) is 18.0. The Bertz CT molecular complexity index is 814. The Balaban J connectivity index is 1.65. The van der Waals surface area contributed by atoms with Gasteiger partial charge < -0.3 is 20.4 Å². The normalized spacial score (nSPS) is 19.0. The second-order valence-corrected chi connectivity index (χ2v) is 7.84. The number of hydrogen-bond acceptors (Lipinski definition) is 5. The number of rotatable bonds is 3. The molecule has 7 heteroatoms. The van der Waals surface area contributed by atoms with Gasteiger partial charge in [-0.05, 0) is 42.1 Å². The van der Waals surface area contributed by atoms with Crippen LogP contribution in [0.3, 0.4) is 0 Å². The SMILES string of the molecule is CNC(=S)Nc1nc(N2Cc3ccccc3C2)cc(N2CCC[C@H](C)C2)n1. The molecular weight excluding hydrogens is 356 g/mol. The van der Waals surface area contributed by atoms with E-state index >= 15 is 0 Å². The highest BCUT2D eigenvalue weighted by Gasteiger charge is 2.24. The van der Waals surface area contributed by atoms with Gasteiger partial charge in [-0.25, -0.2) is 0 Å². The maximum absolute atomic E-state index is 5.26. The van der Waals surface area contributed by atoms with Gasteiger partial charge in [0.1, 0.15) is 11.6 Å². The number of benzene rings is 1. The number of piperidine rings is 1. The van der Waals surface area contributed by atoms with Gasteiger partial charge in [0.15, 0.2) is 5.11 Å². The Morgan fingerprint density at radius 1 is 1.11 bits per heavy atom. The smallest absolute Gasteiger partial charge is 0.232 e. The molecule has 142 valence electrons. The van der Waals surface area contributed by atoms with Crippen molar-refractivity contribution in [1.82, 2.24) is 15.3 Å². The quantitative estimate of drug-likeness (QED) is 0.791. The lowest BCUT2D eigenvalue weighted by Gasteiger charge is -2.32. The number of thiocarbonyl (C=S) groups is 1. The van der Waals surface area contributed by atoms with Gasteiger partial charge in [-0.15, -0.1) is 0 Å². The number of aromatic nitrogens is 2. The molecular formula is C20H26N6S. The lowest BCUT2D eigenvalue weighted by Crippen LogP contribution is -2.35. The van der Waals surface area contributed by atoms with Gasteiger partial charge in [-0.3, -0.25) is 0 Å². The van der Waals surface area contributed by atoms with Crippen LogP contribution in [-0.4, -0.2) is 35.2 Å². The van der Waals surface area contributed by atoms with Crippen LogP contribution in [0.5, 0.6) is 0 Å². The standard InChI is InChI=1S/C20H26N6S/c1-14-6-5-9-25(11-14)17-10-18(23-19(22-17)24-20(27)21-2)26-12-15-7-3-4-8-16(15)13-26/h3-4,7-8,10,14H,5-6,9,11-13H2,1-2H3,(H2,21,22,23,24,27)/t14-/m0/s1. The average molecular weight is 383 g/mol. The highest BCUT2D eigenvalue weighted by molar-refractivity contribution is 7.80. The maximum Gasteiger partial charge on any atom is 0.232 e. The molecule has 1 aromatic carbocycles. The molecule has 3 heterocycles. The summed E-state index contributed by atoms with van der Waals surface area (Å²) in [5, 5.41) is 6.57. The summed E-state index contributed by atoms with van der Waals surface area (Å²) in [4.78, 5) is 14.2. The van der Waals surface area contributed by atoms with E-state index in [0.717, 1.165) is 37.8 Å². The van der Waals surface area contributed by atoms with E-state index in [9.17, 15) is 0 Å². The Hall–Kier alpha value is -2.41. The van der Waals surface area contributed by atoms with Gasteiger partial charge in [-0.1, -0.05) is 31.2 Å². The van der Waals surface area contributed by atoms with E-state index in [-0.39, 0.29) is 0 Å². The van der Waals surface area contributed by atoms with E-state index in [1.165, 1.54) is 24.0 Å². The topological polar surface area (TPSA) is 56.3 Å². The lowest BCUT2D eigenvalue weighted by molar-refractivity contribution is 0.444. The van der Waals surface area contributed by atoms with Crippen LogP contribution in [0.4, 0.5) is 17.6 Å². The molecule has 0 spiro atoms. The maximum atomic E-state index is 5.26. The molecule has 0 amide bonds. The van der Waals surface area contributed by atoms with Crippen molar-refractivity contribution < 1.29 is 0 Å². The molecule has 0 unspecified atom stereocenters. The number of anilines is 3. The van der Waals surface area contributed by atoms with E-state index in [2.05, 4.69) is 57.7 Å². The van der Waals surface area contributed by atoms with Crippen LogP contribution in [0, 0.1) is 5.92 Å². The highest BCUT2D eigenvalue weighted by Crippen LogP contribution is 2.31. The van der Waals surface area contributed by atoms with Crippen molar-refractivity contribution in [1.29, 1.82) is 0 Å². The second kappa shape index (κ2) is 7.68. The van der Waals surface area contributed by atoms with Gasteiger partial charge >= 0.3 is 0 Å². The predicted molar refractivity (Wildman–Crippen MR) is 114 cm³/mol. The Labute approximate surface area is 166 Å². The Kier molecular flexibility index (Phi) is 5.11. The minimum atomic E-state index is 0.523. The zero-order valence-corrected chi connectivity index (χ0v) is 16.7. The molecule has 4 rings (SSSR count). The van der Waals surface area contributed by atoms with Gasteiger partial charge in [-0.2, -0.15) is 9.97 Å². The zero-order chi connectivity index (χ0) is 18.8. The summed E-state index contributed by atoms with van der Waals surface area (Å²) in [6, 6.07) is 10.7. The molecule has 1 fully saturated rings. The van der Waals surface area contributed by atoms with Crippen LogP contribution in [0.15, 0.2) is 30.3 Å². The van der Waals surface area contributed by atoms with Crippen LogP contribution in [-0.2, 0) is 13.1 Å². The first-order valence-corrected chi connectivity index (χ1v) is 9.97. The predicted octanol–water partition coefficient (Wildman–Crippen LogP) is 3.15. The first-order chi connectivity index (χ1) is 13.1. The fourth-order valence-electron chi connectivity index (χ4n) is 3.86. The van der Waals surface area contributed by atoms with Crippen LogP contribution in [0.1, 0.15) is 30.9 Å². The first-order valence-electron chi connectivity index (χ1n) is 9.57. The highest BCUT2D eigenvalue weighted by atomic mass is 32.1. The zero-order valence-electron chi connectivity index (χ0n) is 15.9. The van der Waals surface area contributed by atoms with E-state index in [4.69, 9.17) is 22.2 Å². The van der Waals surface area contributed by atoms with E-state index in [1.807, 2.05) is 0 Å². The third-order valence-corrected chi connectivity index (χ3v) is 5.60. The molecule has 2 N–H and O–H groups in total. The fraction of sp³-hybridized carbons (Fsp3) is 0.450.